The molecular formula is C26H33N3O4S. The summed E-state index contributed by atoms with van der Waals surface area (Å²) in [5.41, 5.74) is 2.92. The molecule has 1 aliphatic rings. The van der Waals surface area contributed by atoms with Crippen LogP contribution in [-0.2, 0) is 10.0 Å². The second-order valence-electron chi connectivity index (χ2n) is 10.1. The van der Waals surface area contributed by atoms with Crippen LogP contribution in [0.5, 0.6) is 5.75 Å². The van der Waals surface area contributed by atoms with Crippen molar-refractivity contribution in [2.24, 2.45) is 0 Å². The number of piperidine rings is 1. The lowest BCUT2D eigenvalue weighted by Gasteiger charge is -2.32. The summed E-state index contributed by atoms with van der Waals surface area (Å²) < 4.78 is 33.6. The van der Waals surface area contributed by atoms with Crippen LogP contribution in [0, 0.1) is 6.92 Å². The summed E-state index contributed by atoms with van der Waals surface area (Å²) in [6.07, 6.45) is 3.75. The number of hydrogen-bond acceptors (Lipinski definition) is 4. The van der Waals surface area contributed by atoms with Gasteiger partial charge in [-0.1, -0.05) is 6.07 Å². The highest BCUT2D eigenvalue weighted by molar-refractivity contribution is 7.89. The van der Waals surface area contributed by atoms with Crippen molar-refractivity contribution in [3.8, 4) is 5.75 Å². The molecule has 7 nitrogen and oxygen atoms in total. The second kappa shape index (κ2) is 9.07. The molecule has 34 heavy (non-hydrogen) atoms. The fraction of sp³-hybridized carbons (Fsp3) is 0.423. The molecule has 182 valence electrons. The van der Waals surface area contributed by atoms with Gasteiger partial charge in [-0.15, -0.1) is 0 Å². The van der Waals surface area contributed by atoms with E-state index in [2.05, 4.69) is 22.0 Å². The predicted octanol–water partition coefficient (Wildman–Crippen LogP) is 4.58. The molecule has 0 saturated carbocycles. The molecule has 0 spiro atoms. The highest BCUT2D eigenvalue weighted by atomic mass is 32.2. The van der Waals surface area contributed by atoms with Gasteiger partial charge in [-0.2, -0.15) is 0 Å². The van der Waals surface area contributed by atoms with E-state index in [-0.39, 0.29) is 10.8 Å². The molecule has 0 bridgehead atoms. The standard InChI is InChI=1S/C26H33N3O4S/c1-17-6-8-20(34(31,32)28-26(2,3)4)15-21(17)25(30)29-12-10-18(11-13-29)23-16-27-24-9-7-19(33-5)14-22(23)24/h6-9,14-16,18,27-28H,10-13H2,1-5H3. The van der Waals surface area contributed by atoms with E-state index >= 15 is 0 Å². The summed E-state index contributed by atoms with van der Waals surface area (Å²) in [5.74, 6) is 1.05. The number of benzene rings is 2. The first-order chi connectivity index (χ1) is 16.0. The van der Waals surface area contributed by atoms with Crippen LogP contribution in [0.3, 0.4) is 0 Å². The van der Waals surface area contributed by atoms with Gasteiger partial charge in [0.25, 0.3) is 5.91 Å². The van der Waals surface area contributed by atoms with Crippen molar-refractivity contribution in [2.45, 2.75) is 56.9 Å². The minimum atomic E-state index is -3.72. The molecule has 2 heterocycles. The molecule has 2 N–H and O–H groups in total. The molecule has 3 aromatic rings. The molecule has 4 rings (SSSR count). The highest BCUT2D eigenvalue weighted by Gasteiger charge is 2.28. The molecule has 0 unspecified atom stereocenters. The summed E-state index contributed by atoms with van der Waals surface area (Å²) in [6, 6.07) is 10.8. The van der Waals surface area contributed by atoms with Crippen LogP contribution < -0.4 is 9.46 Å². The average Bonchev–Trinajstić information content (AvgIpc) is 3.20. The third-order valence-electron chi connectivity index (χ3n) is 6.33. The number of likely N-dealkylation sites (tertiary alicyclic amines) is 1. The number of aromatic nitrogens is 1. The van der Waals surface area contributed by atoms with Gasteiger partial charge in [0.1, 0.15) is 5.75 Å². The topological polar surface area (TPSA) is 91.5 Å². The first-order valence-corrected chi connectivity index (χ1v) is 13.1. The summed E-state index contributed by atoms with van der Waals surface area (Å²) in [6.45, 7) is 8.46. The van der Waals surface area contributed by atoms with Gasteiger partial charge in [0, 0.05) is 41.3 Å². The third-order valence-corrected chi connectivity index (χ3v) is 8.09. The number of carbonyl (C=O) groups is 1. The summed E-state index contributed by atoms with van der Waals surface area (Å²) >= 11 is 0. The second-order valence-corrected chi connectivity index (χ2v) is 11.7. The minimum Gasteiger partial charge on any atom is -0.497 e. The normalized spacial score (nSPS) is 15.6. The van der Waals surface area contributed by atoms with E-state index in [0.717, 1.165) is 35.1 Å². The number of ether oxygens (including phenoxy) is 1. The van der Waals surface area contributed by atoms with Crippen molar-refractivity contribution < 1.29 is 17.9 Å². The van der Waals surface area contributed by atoms with Gasteiger partial charge in [-0.05, 0) is 87.9 Å². The van der Waals surface area contributed by atoms with Crippen LogP contribution in [0.2, 0.25) is 0 Å². The van der Waals surface area contributed by atoms with Crippen molar-refractivity contribution >= 4 is 26.8 Å². The van der Waals surface area contributed by atoms with Gasteiger partial charge in [0.15, 0.2) is 0 Å². The van der Waals surface area contributed by atoms with Crippen LogP contribution in [-0.4, -0.2) is 49.9 Å². The maximum Gasteiger partial charge on any atom is 0.254 e. The molecule has 1 fully saturated rings. The number of nitrogens with one attached hydrogen (secondary N) is 2. The number of aryl methyl sites for hydroxylation is 1. The van der Waals surface area contributed by atoms with Gasteiger partial charge in [0.2, 0.25) is 10.0 Å². The van der Waals surface area contributed by atoms with E-state index in [1.165, 1.54) is 11.6 Å². The summed E-state index contributed by atoms with van der Waals surface area (Å²) in [7, 11) is -2.06. The summed E-state index contributed by atoms with van der Waals surface area (Å²) in [4.78, 5) is 18.6. The molecule has 1 aliphatic heterocycles. The van der Waals surface area contributed by atoms with Gasteiger partial charge >= 0.3 is 0 Å². The van der Waals surface area contributed by atoms with Gasteiger partial charge in [0.05, 0.1) is 12.0 Å². The lowest BCUT2D eigenvalue weighted by Crippen LogP contribution is -2.41. The molecule has 0 radical (unpaired) electrons. The number of H-pyrrole nitrogens is 1. The van der Waals surface area contributed by atoms with Crippen molar-refractivity contribution in [3.63, 3.8) is 0 Å². The lowest BCUT2D eigenvalue weighted by molar-refractivity contribution is 0.0712. The van der Waals surface area contributed by atoms with Crippen molar-refractivity contribution in [2.75, 3.05) is 20.2 Å². The SMILES string of the molecule is COc1ccc2[nH]cc(C3CCN(C(=O)c4cc(S(=O)(=O)NC(C)(C)C)ccc4C)CC3)c2c1. The number of methoxy groups -OCH3 is 1. The maximum absolute atomic E-state index is 13.4. The minimum absolute atomic E-state index is 0.110. The molecule has 1 saturated heterocycles. The Morgan fingerprint density at radius 3 is 2.47 bits per heavy atom. The molecule has 0 atom stereocenters. The molecule has 2 aromatic carbocycles. The molecule has 1 amide bonds. The van der Waals surface area contributed by atoms with Crippen LogP contribution in [0.25, 0.3) is 10.9 Å². The van der Waals surface area contributed by atoms with E-state index in [9.17, 15) is 13.2 Å². The van der Waals surface area contributed by atoms with Gasteiger partial charge in [-0.25, -0.2) is 13.1 Å². The number of amides is 1. The number of fused-ring (bicyclic) bond motifs is 1. The number of carbonyl (C=O) groups excluding carboxylic acids is 1. The fourth-order valence-corrected chi connectivity index (χ4v) is 6.05. The van der Waals surface area contributed by atoms with Crippen molar-refractivity contribution in [1.82, 2.24) is 14.6 Å². The zero-order chi connectivity index (χ0) is 24.7. The van der Waals surface area contributed by atoms with Crippen LogP contribution in [0.1, 0.15) is 61.0 Å². The van der Waals surface area contributed by atoms with E-state index in [4.69, 9.17) is 4.74 Å². The monoisotopic (exact) mass is 483 g/mol. The van der Waals surface area contributed by atoms with E-state index < -0.39 is 15.6 Å². The number of hydrogen-bond donors (Lipinski definition) is 2. The van der Waals surface area contributed by atoms with Crippen molar-refractivity contribution in [1.29, 1.82) is 0 Å². The predicted molar refractivity (Wildman–Crippen MR) is 134 cm³/mol. The summed E-state index contributed by atoms with van der Waals surface area (Å²) in [5, 5.41) is 1.16. The third kappa shape index (κ3) is 4.98. The Labute approximate surface area is 201 Å². The number of nitrogens with zero attached hydrogens (tertiary/aromatic N) is 1. The highest BCUT2D eigenvalue weighted by Crippen LogP contribution is 2.35. The largest absolute Gasteiger partial charge is 0.497 e. The van der Waals surface area contributed by atoms with E-state index in [1.807, 2.05) is 24.0 Å². The van der Waals surface area contributed by atoms with Gasteiger partial charge in [-0.3, -0.25) is 4.79 Å². The van der Waals surface area contributed by atoms with E-state index in [1.54, 1.807) is 40.0 Å². The Morgan fingerprint density at radius 2 is 1.82 bits per heavy atom. The number of aromatic amines is 1. The van der Waals surface area contributed by atoms with Crippen molar-refractivity contribution in [3.05, 3.63) is 59.3 Å². The zero-order valence-electron chi connectivity index (χ0n) is 20.4. The average molecular weight is 484 g/mol. The number of sulfonamides is 1. The van der Waals surface area contributed by atoms with Crippen LogP contribution in [0.4, 0.5) is 0 Å². The molecular weight excluding hydrogens is 450 g/mol. The Morgan fingerprint density at radius 1 is 1.12 bits per heavy atom. The molecule has 1 aromatic heterocycles. The lowest BCUT2D eigenvalue weighted by atomic mass is 9.89. The first-order valence-electron chi connectivity index (χ1n) is 11.6. The smallest absolute Gasteiger partial charge is 0.254 e. The maximum atomic E-state index is 13.4. The molecule has 0 aliphatic carbocycles. The van der Waals surface area contributed by atoms with Crippen LogP contribution in [0.15, 0.2) is 47.5 Å². The fourth-order valence-electron chi connectivity index (χ4n) is 4.61. The zero-order valence-corrected chi connectivity index (χ0v) is 21.3. The molecule has 8 heteroatoms. The Hall–Kier alpha value is -2.84. The Bertz CT molecular complexity index is 1310. The Balaban J connectivity index is 1.51. The van der Waals surface area contributed by atoms with E-state index in [0.29, 0.717) is 24.6 Å². The number of rotatable bonds is 5. The Kier molecular flexibility index (Phi) is 6.48. The quantitative estimate of drug-likeness (QED) is 0.556. The first kappa shape index (κ1) is 24.3. The van der Waals surface area contributed by atoms with Gasteiger partial charge < -0.3 is 14.6 Å². The van der Waals surface area contributed by atoms with Crippen LogP contribution >= 0.6 is 0 Å².